The van der Waals surface area contributed by atoms with E-state index in [9.17, 15) is 14.4 Å². The third kappa shape index (κ3) is 6.38. The number of hydrogen-bond donors (Lipinski definition) is 2. The van der Waals surface area contributed by atoms with Gasteiger partial charge in [-0.15, -0.1) is 0 Å². The SMILES string of the molecule is COc1nc(Nc2nccc(-c3ccc(O[C@H]4CCN(C(=O)O)C[C@H]4F)c(C#N)c3)n2)ccc1N1CCN(C)CC1. The van der Waals surface area contributed by atoms with Crippen molar-refractivity contribution < 1.29 is 23.8 Å². The quantitative estimate of drug-likeness (QED) is 0.438. The highest BCUT2D eigenvalue weighted by molar-refractivity contribution is 5.67. The number of methoxy groups -OCH3 is 1. The molecule has 2 N–H and O–H groups in total. The summed E-state index contributed by atoms with van der Waals surface area (Å²) in [5.41, 5.74) is 2.35. The van der Waals surface area contributed by atoms with Crippen LogP contribution in [0.4, 0.5) is 26.6 Å². The molecule has 2 aliphatic rings. The number of halogens is 1. The number of amides is 1. The average Bonchev–Trinajstić information content (AvgIpc) is 2.98. The van der Waals surface area contributed by atoms with Crippen molar-refractivity contribution in [3.05, 3.63) is 48.2 Å². The minimum absolute atomic E-state index is 0.163. The van der Waals surface area contributed by atoms with Crippen molar-refractivity contribution in [3.63, 3.8) is 0 Å². The molecular weight excluding hydrogens is 531 g/mol. The molecule has 0 aliphatic carbocycles. The lowest BCUT2D eigenvalue weighted by Gasteiger charge is -2.34. The number of anilines is 3. The van der Waals surface area contributed by atoms with Gasteiger partial charge >= 0.3 is 6.09 Å². The third-order valence-electron chi connectivity index (χ3n) is 7.20. The molecule has 0 radical (unpaired) electrons. The monoisotopic (exact) mass is 562 g/mol. The van der Waals surface area contributed by atoms with Gasteiger partial charge in [-0.2, -0.15) is 10.2 Å². The van der Waals surface area contributed by atoms with Crippen molar-refractivity contribution in [3.8, 4) is 29.0 Å². The van der Waals surface area contributed by atoms with Crippen molar-refractivity contribution >= 4 is 23.5 Å². The summed E-state index contributed by atoms with van der Waals surface area (Å²) in [5, 5.41) is 22.0. The van der Waals surface area contributed by atoms with E-state index in [1.54, 1.807) is 37.6 Å². The number of aromatic nitrogens is 3. The van der Waals surface area contributed by atoms with Crippen LogP contribution in [0, 0.1) is 11.3 Å². The van der Waals surface area contributed by atoms with Gasteiger partial charge in [0.1, 0.15) is 29.4 Å². The van der Waals surface area contributed by atoms with Gasteiger partial charge in [0.25, 0.3) is 0 Å². The predicted molar refractivity (Wildman–Crippen MR) is 149 cm³/mol. The zero-order chi connectivity index (χ0) is 28.9. The first kappa shape index (κ1) is 27.9. The Balaban J connectivity index is 1.30. The van der Waals surface area contributed by atoms with Crippen molar-refractivity contribution in [2.75, 3.05) is 63.6 Å². The number of carboxylic acid groups (broad SMARTS) is 1. The van der Waals surface area contributed by atoms with Crippen molar-refractivity contribution in [2.24, 2.45) is 0 Å². The number of nitrogens with one attached hydrogen (secondary N) is 1. The van der Waals surface area contributed by atoms with E-state index in [1.807, 2.05) is 12.1 Å². The topological polar surface area (TPSA) is 140 Å². The first-order valence-electron chi connectivity index (χ1n) is 13.3. The van der Waals surface area contributed by atoms with E-state index in [-0.39, 0.29) is 30.8 Å². The summed E-state index contributed by atoms with van der Waals surface area (Å²) in [5.74, 6) is 1.58. The molecule has 13 heteroatoms. The van der Waals surface area contributed by atoms with Crippen LogP contribution in [0.5, 0.6) is 11.6 Å². The minimum atomic E-state index is -1.50. The largest absolute Gasteiger partial charge is 0.486 e. The highest BCUT2D eigenvalue weighted by Crippen LogP contribution is 2.31. The number of likely N-dealkylation sites (N-methyl/N-ethyl adjacent to an activating group) is 1. The average molecular weight is 563 g/mol. The fourth-order valence-electron chi connectivity index (χ4n) is 4.87. The summed E-state index contributed by atoms with van der Waals surface area (Å²) in [6.45, 7) is 3.60. The smallest absolute Gasteiger partial charge is 0.407 e. The first-order chi connectivity index (χ1) is 19.8. The number of nitrogens with zero attached hydrogens (tertiary/aromatic N) is 7. The molecule has 214 valence electrons. The molecule has 2 saturated heterocycles. The molecule has 1 aromatic carbocycles. The number of benzene rings is 1. The van der Waals surface area contributed by atoms with Gasteiger partial charge in [0.2, 0.25) is 11.8 Å². The molecule has 3 aromatic rings. The Morgan fingerprint density at radius 2 is 1.95 bits per heavy atom. The molecule has 1 amide bonds. The normalized spacial score (nSPS) is 19.4. The number of carbonyl (C=O) groups is 1. The molecule has 41 heavy (non-hydrogen) atoms. The minimum Gasteiger partial charge on any atom is -0.486 e. The number of rotatable bonds is 7. The summed E-state index contributed by atoms with van der Waals surface area (Å²) >= 11 is 0. The molecule has 0 spiro atoms. The highest BCUT2D eigenvalue weighted by Gasteiger charge is 2.33. The van der Waals surface area contributed by atoms with Gasteiger partial charge in [-0.1, -0.05) is 0 Å². The third-order valence-corrected chi connectivity index (χ3v) is 7.20. The Labute approximate surface area is 237 Å². The number of likely N-dealkylation sites (tertiary alicyclic amines) is 1. The lowest BCUT2D eigenvalue weighted by molar-refractivity contribution is 0.0248. The van der Waals surface area contributed by atoms with Gasteiger partial charge in [-0.05, 0) is 43.4 Å². The fraction of sp³-hybridized carbons (Fsp3) is 0.393. The lowest BCUT2D eigenvalue weighted by Crippen LogP contribution is -2.48. The Kier molecular flexibility index (Phi) is 8.30. The van der Waals surface area contributed by atoms with Crippen LogP contribution in [0.1, 0.15) is 12.0 Å². The van der Waals surface area contributed by atoms with Crippen molar-refractivity contribution in [2.45, 2.75) is 18.7 Å². The summed E-state index contributed by atoms with van der Waals surface area (Å²) in [7, 11) is 3.70. The van der Waals surface area contributed by atoms with E-state index in [0.717, 1.165) is 36.8 Å². The van der Waals surface area contributed by atoms with Gasteiger partial charge in [0.15, 0.2) is 6.17 Å². The van der Waals surface area contributed by atoms with E-state index in [1.165, 1.54) is 0 Å². The van der Waals surface area contributed by atoms with Crippen LogP contribution >= 0.6 is 0 Å². The second-order valence-corrected chi connectivity index (χ2v) is 9.92. The van der Waals surface area contributed by atoms with E-state index in [4.69, 9.17) is 14.6 Å². The Morgan fingerprint density at radius 1 is 1.15 bits per heavy atom. The Bertz CT molecular complexity index is 1440. The molecule has 0 unspecified atom stereocenters. The fourth-order valence-corrected chi connectivity index (χ4v) is 4.87. The number of piperazine rings is 1. The number of hydrogen-bond acceptors (Lipinski definition) is 10. The summed E-state index contributed by atoms with van der Waals surface area (Å²) < 4.78 is 25.9. The van der Waals surface area contributed by atoms with E-state index in [2.05, 4.69) is 43.2 Å². The van der Waals surface area contributed by atoms with Gasteiger partial charge in [0.05, 0.1) is 24.9 Å². The molecule has 2 aromatic heterocycles. The van der Waals surface area contributed by atoms with Crippen molar-refractivity contribution in [1.29, 1.82) is 5.26 Å². The maximum Gasteiger partial charge on any atom is 0.407 e. The number of ether oxygens (including phenoxy) is 2. The van der Waals surface area contributed by atoms with Crippen LogP contribution in [0.25, 0.3) is 11.3 Å². The summed E-state index contributed by atoms with van der Waals surface area (Å²) in [4.78, 5) is 30.2. The number of piperidine rings is 1. The molecule has 2 fully saturated rings. The molecule has 0 bridgehead atoms. The van der Waals surface area contributed by atoms with Gasteiger partial charge in [-0.3, -0.25) is 0 Å². The molecule has 12 nitrogen and oxygen atoms in total. The van der Waals surface area contributed by atoms with E-state index >= 15 is 0 Å². The van der Waals surface area contributed by atoms with Crippen LogP contribution in [-0.2, 0) is 0 Å². The Morgan fingerprint density at radius 3 is 2.66 bits per heavy atom. The first-order valence-corrected chi connectivity index (χ1v) is 13.3. The number of pyridine rings is 1. The molecule has 4 heterocycles. The molecule has 2 atom stereocenters. The van der Waals surface area contributed by atoms with Crippen LogP contribution < -0.4 is 19.7 Å². The number of nitriles is 1. The van der Waals surface area contributed by atoms with Crippen LogP contribution in [-0.4, -0.2) is 102 Å². The molecule has 5 rings (SSSR count). The Hall–Kier alpha value is -4.70. The summed E-state index contributed by atoms with van der Waals surface area (Å²) in [6, 6.07) is 12.6. The maximum absolute atomic E-state index is 14.6. The van der Waals surface area contributed by atoms with Crippen LogP contribution in [0.15, 0.2) is 42.6 Å². The molecular formula is C28H31FN8O4. The van der Waals surface area contributed by atoms with Gasteiger partial charge in [0, 0.05) is 50.9 Å². The number of alkyl halides is 1. The van der Waals surface area contributed by atoms with Crippen LogP contribution in [0.3, 0.4) is 0 Å². The standard InChI is InChI=1S/C28H31FN8O4/c1-35-11-13-36(14-12-35)22-4-6-25(33-26(22)40-2)34-27-31-9-7-21(32-27)18-3-5-23(19(15-18)16-30)41-24-8-10-37(28(38)39)17-20(24)29/h3-7,9,15,20,24H,8,10-14,17H2,1-2H3,(H,38,39)(H,31,32,33,34)/t20-,24+/m1/s1. The predicted octanol–water partition coefficient (Wildman–Crippen LogP) is 3.38. The summed E-state index contributed by atoms with van der Waals surface area (Å²) in [6.07, 6.45) is -1.71. The zero-order valence-electron chi connectivity index (χ0n) is 22.8. The van der Waals surface area contributed by atoms with E-state index in [0.29, 0.717) is 28.9 Å². The molecule has 0 saturated carbocycles. The highest BCUT2D eigenvalue weighted by atomic mass is 19.1. The van der Waals surface area contributed by atoms with E-state index < -0.39 is 18.4 Å². The van der Waals surface area contributed by atoms with Gasteiger partial charge in [-0.25, -0.2) is 19.2 Å². The zero-order valence-corrected chi connectivity index (χ0v) is 22.8. The second-order valence-electron chi connectivity index (χ2n) is 9.92. The second kappa shape index (κ2) is 12.2. The lowest BCUT2D eigenvalue weighted by atomic mass is 10.0. The molecule has 2 aliphatic heterocycles. The maximum atomic E-state index is 14.6. The van der Waals surface area contributed by atoms with Crippen LogP contribution in [0.2, 0.25) is 0 Å². The van der Waals surface area contributed by atoms with Gasteiger partial charge < -0.3 is 34.6 Å². The van der Waals surface area contributed by atoms with Crippen molar-refractivity contribution in [1.82, 2.24) is 24.8 Å².